The Hall–Kier alpha value is -1.06. The summed E-state index contributed by atoms with van der Waals surface area (Å²) in [5.41, 5.74) is 0.117. The van der Waals surface area contributed by atoms with E-state index in [2.05, 4.69) is 0 Å². The van der Waals surface area contributed by atoms with Crippen LogP contribution in [0.25, 0.3) is 0 Å². The molecule has 0 aromatic heterocycles. The van der Waals surface area contributed by atoms with E-state index in [4.69, 9.17) is 16.3 Å². The summed E-state index contributed by atoms with van der Waals surface area (Å²) in [7, 11) is 0. The van der Waals surface area contributed by atoms with Gasteiger partial charge in [-0.05, 0) is 37.3 Å². The normalized spacial score (nSPS) is 33.8. The maximum atomic E-state index is 11.7. The van der Waals surface area contributed by atoms with Gasteiger partial charge in [0.25, 0.3) is 0 Å². The number of carboxylic acids is 1. The highest BCUT2D eigenvalue weighted by Gasteiger charge is 2.57. The molecule has 4 heteroatoms. The van der Waals surface area contributed by atoms with E-state index in [9.17, 15) is 9.90 Å². The van der Waals surface area contributed by atoms with E-state index >= 15 is 0 Å². The molecule has 2 aliphatic rings. The van der Waals surface area contributed by atoms with Crippen LogP contribution in [0.15, 0.2) is 24.3 Å². The molecule has 1 N–H and O–H groups in total. The zero-order chi connectivity index (χ0) is 12.8. The molecular formula is C14H15ClO3. The van der Waals surface area contributed by atoms with Gasteiger partial charge in [-0.15, -0.1) is 0 Å². The van der Waals surface area contributed by atoms with Gasteiger partial charge in [-0.1, -0.05) is 29.8 Å². The van der Waals surface area contributed by atoms with Gasteiger partial charge in [-0.25, -0.2) is 0 Å². The van der Waals surface area contributed by atoms with E-state index in [0.29, 0.717) is 17.9 Å². The van der Waals surface area contributed by atoms with Crippen LogP contribution in [-0.2, 0) is 16.0 Å². The number of ether oxygens (including phenoxy) is 1. The maximum absolute atomic E-state index is 11.7. The predicted octanol–water partition coefficient (Wildman–Crippen LogP) is 2.90. The molecule has 2 fully saturated rings. The van der Waals surface area contributed by atoms with Crippen LogP contribution in [0.5, 0.6) is 0 Å². The summed E-state index contributed by atoms with van der Waals surface area (Å²) in [6.45, 7) is 0. The molecule has 18 heavy (non-hydrogen) atoms. The standard InChI is InChI=1S/C14H15ClO3/c15-11-4-2-1-3-9(11)7-14(13(16)17)8-10-5-6-12(14)18-10/h1-4,10,12H,5-8H2,(H,16,17). The fourth-order valence-corrected chi connectivity index (χ4v) is 3.47. The summed E-state index contributed by atoms with van der Waals surface area (Å²) in [5.74, 6) is -0.755. The summed E-state index contributed by atoms with van der Waals surface area (Å²) >= 11 is 6.14. The van der Waals surface area contributed by atoms with Crippen LogP contribution in [0, 0.1) is 5.41 Å². The third-order valence-electron chi connectivity index (χ3n) is 4.21. The smallest absolute Gasteiger partial charge is 0.312 e. The van der Waals surface area contributed by atoms with E-state index in [-0.39, 0.29) is 12.2 Å². The molecule has 1 aromatic carbocycles. The van der Waals surface area contributed by atoms with Crippen molar-refractivity contribution >= 4 is 17.6 Å². The first-order valence-electron chi connectivity index (χ1n) is 6.24. The minimum Gasteiger partial charge on any atom is -0.481 e. The van der Waals surface area contributed by atoms with Gasteiger partial charge in [0, 0.05) is 5.02 Å². The molecule has 0 amide bonds. The molecular weight excluding hydrogens is 252 g/mol. The van der Waals surface area contributed by atoms with Crippen molar-refractivity contribution in [1.82, 2.24) is 0 Å². The molecule has 2 saturated heterocycles. The minimum atomic E-state index is -0.784. The second-order valence-corrected chi connectivity index (χ2v) is 5.66. The Morgan fingerprint density at radius 2 is 2.22 bits per heavy atom. The van der Waals surface area contributed by atoms with E-state index in [1.165, 1.54) is 0 Å². The summed E-state index contributed by atoms with van der Waals surface area (Å²) in [4.78, 5) is 11.7. The van der Waals surface area contributed by atoms with E-state index in [0.717, 1.165) is 18.4 Å². The van der Waals surface area contributed by atoms with Crippen molar-refractivity contribution in [1.29, 1.82) is 0 Å². The number of hydrogen-bond acceptors (Lipinski definition) is 2. The number of hydrogen-bond donors (Lipinski definition) is 1. The van der Waals surface area contributed by atoms with Crippen molar-refractivity contribution < 1.29 is 14.6 Å². The molecule has 0 radical (unpaired) electrons. The first-order valence-corrected chi connectivity index (χ1v) is 6.62. The van der Waals surface area contributed by atoms with Crippen LogP contribution in [-0.4, -0.2) is 23.3 Å². The van der Waals surface area contributed by atoms with Crippen LogP contribution in [0.4, 0.5) is 0 Å². The van der Waals surface area contributed by atoms with Crippen LogP contribution in [0.3, 0.4) is 0 Å². The largest absolute Gasteiger partial charge is 0.481 e. The first-order chi connectivity index (χ1) is 8.62. The lowest BCUT2D eigenvalue weighted by Crippen LogP contribution is -2.42. The molecule has 2 aliphatic heterocycles. The SMILES string of the molecule is O=C(O)C1(Cc2ccccc2Cl)CC2CCC1O2. The van der Waals surface area contributed by atoms with Gasteiger partial charge in [0.1, 0.15) is 5.41 Å². The lowest BCUT2D eigenvalue weighted by molar-refractivity contribution is -0.152. The molecule has 0 aliphatic carbocycles. The summed E-state index contributed by atoms with van der Waals surface area (Å²) < 4.78 is 5.74. The van der Waals surface area contributed by atoms with Crippen molar-refractivity contribution in [2.75, 3.05) is 0 Å². The van der Waals surface area contributed by atoms with Crippen LogP contribution >= 0.6 is 11.6 Å². The molecule has 96 valence electrons. The van der Waals surface area contributed by atoms with Crippen LogP contribution in [0.1, 0.15) is 24.8 Å². The molecule has 1 aromatic rings. The zero-order valence-electron chi connectivity index (χ0n) is 9.93. The number of halogens is 1. The predicted molar refractivity (Wildman–Crippen MR) is 67.7 cm³/mol. The second kappa shape index (κ2) is 4.25. The van der Waals surface area contributed by atoms with E-state index < -0.39 is 11.4 Å². The van der Waals surface area contributed by atoms with Crippen LogP contribution in [0.2, 0.25) is 5.02 Å². The summed E-state index contributed by atoms with van der Waals surface area (Å²) in [5, 5.41) is 10.3. The average Bonchev–Trinajstić information content (AvgIpc) is 2.93. The number of carbonyl (C=O) groups is 1. The molecule has 0 spiro atoms. The number of carboxylic acid groups (broad SMARTS) is 1. The van der Waals surface area contributed by atoms with E-state index in [1.807, 2.05) is 18.2 Å². The Bertz CT molecular complexity index is 488. The lowest BCUT2D eigenvalue weighted by atomic mass is 9.70. The summed E-state index contributed by atoms with van der Waals surface area (Å²) in [6.07, 6.45) is 2.87. The van der Waals surface area contributed by atoms with Gasteiger partial charge in [0.15, 0.2) is 0 Å². The number of benzene rings is 1. The Labute approximate surface area is 111 Å². The monoisotopic (exact) mass is 266 g/mol. The van der Waals surface area contributed by atoms with Crippen molar-refractivity contribution in [2.45, 2.75) is 37.9 Å². The lowest BCUT2D eigenvalue weighted by Gasteiger charge is -2.31. The van der Waals surface area contributed by atoms with Gasteiger partial charge in [-0.3, -0.25) is 4.79 Å². The highest BCUT2D eigenvalue weighted by molar-refractivity contribution is 6.31. The van der Waals surface area contributed by atoms with Gasteiger partial charge < -0.3 is 9.84 Å². The molecule has 2 bridgehead atoms. The summed E-state index contributed by atoms with van der Waals surface area (Å²) in [6, 6.07) is 7.46. The minimum absolute atomic E-state index is 0.119. The average molecular weight is 267 g/mol. The van der Waals surface area contributed by atoms with Gasteiger partial charge in [-0.2, -0.15) is 0 Å². The van der Waals surface area contributed by atoms with Crippen molar-refractivity contribution in [3.63, 3.8) is 0 Å². The molecule has 3 unspecified atom stereocenters. The third kappa shape index (κ3) is 1.73. The quantitative estimate of drug-likeness (QED) is 0.915. The van der Waals surface area contributed by atoms with Gasteiger partial charge in [0.05, 0.1) is 12.2 Å². The molecule has 2 heterocycles. The first kappa shape index (κ1) is 12.0. The second-order valence-electron chi connectivity index (χ2n) is 5.26. The number of rotatable bonds is 3. The number of aliphatic carboxylic acids is 1. The van der Waals surface area contributed by atoms with E-state index in [1.54, 1.807) is 6.07 Å². The van der Waals surface area contributed by atoms with Gasteiger partial charge >= 0.3 is 5.97 Å². The highest BCUT2D eigenvalue weighted by Crippen LogP contribution is 2.50. The number of fused-ring (bicyclic) bond motifs is 2. The molecule has 0 saturated carbocycles. The Morgan fingerprint density at radius 3 is 2.78 bits per heavy atom. The van der Waals surface area contributed by atoms with Crippen molar-refractivity contribution in [3.05, 3.63) is 34.9 Å². The molecule has 3 rings (SSSR count). The third-order valence-corrected chi connectivity index (χ3v) is 4.57. The van der Waals surface area contributed by atoms with Crippen LogP contribution < -0.4 is 0 Å². The fourth-order valence-electron chi connectivity index (χ4n) is 3.27. The fraction of sp³-hybridized carbons (Fsp3) is 0.500. The topological polar surface area (TPSA) is 46.5 Å². The Morgan fingerprint density at radius 1 is 1.44 bits per heavy atom. The van der Waals surface area contributed by atoms with Crippen molar-refractivity contribution in [3.8, 4) is 0 Å². The van der Waals surface area contributed by atoms with Crippen molar-refractivity contribution in [2.24, 2.45) is 5.41 Å². The maximum Gasteiger partial charge on any atom is 0.312 e. The zero-order valence-corrected chi connectivity index (χ0v) is 10.7. The highest BCUT2D eigenvalue weighted by atomic mass is 35.5. The molecule has 3 nitrogen and oxygen atoms in total. The Kier molecular flexibility index (Phi) is 2.83. The van der Waals surface area contributed by atoms with Gasteiger partial charge in [0.2, 0.25) is 0 Å². The Balaban J connectivity index is 1.93. The molecule has 3 atom stereocenters.